The molecule has 17 heavy (non-hydrogen) atoms. The average Bonchev–Trinajstić information content (AvgIpc) is 2.73. The SMILES string of the molecule is Cc1ccc(F)c(S(=O)(=O)Nc2ncc[nH]2)c1. The molecule has 0 spiro atoms. The van der Waals surface area contributed by atoms with Crippen LogP contribution in [0.5, 0.6) is 0 Å². The lowest BCUT2D eigenvalue weighted by Crippen LogP contribution is -2.15. The molecular formula is C10H10FN3O2S. The third-order valence-corrected chi connectivity index (χ3v) is 3.46. The number of hydrogen-bond donors (Lipinski definition) is 2. The van der Waals surface area contributed by atoms with Crippen molar-refractivity contribution in [3.63, 3.8) is 0 Å². The zero-order chi connectivity index (χ0) is 12.5. The monoisotopic (exact) mass is 255 g/mol. The summed E-state index contributed by atoms with van der Waals surface area (Å²) in [7, 11) is -3.96. The largest absolute Gasteiger partial charge is 0.330 e. The Kier molecular flexibility index (Phi) is 2.84. The maximum absolute atomic E-state index is 13.4. The molecule has 90 valence electrons. The predicted octanol–water partition coefficient (Wildman–Crippen LogP) is 1.66. The van der Waals surface area contributed by atoms with Gasteiger partial charge in [0.1, 0.15) is 10.7 Å². The molecule has 0 amide bonds. The first-order chi connectivity index (χ1) is 7.99. The van der Waals surface area contributed by atoms with Crippen molar-refractivity contribution in [1.29, 1.82) is 0 Å². The van der Waals surface area contributed by atoms with Crippen molar-refractivity contribution < 1.29 is 12.8 Å². The van der Waals surface area contributed by atoms with Crippen molar-refractivity contribution in [2.75, 3.05) is 4.72 Å². The summed E-state index contributed by atoms with van der Waals surface area (Å²) in [6.07, 6.45) is 2.86. The van der Waals surface area contributed by atoms with E-state index in [0.29, 0.717) is 5.56 Å². The van der Waals surface area contributed by atoms with Crippen molar-refractivity contribution >= 4 is 16.0 Å². The quantitative estimate of drug-likeness (QED) is 0.875. The molecule has 0 atom stereocenters. The number of rotatable bonds is 3. The summed E-state index contributed by atoms with van der Waals surface area (Å²) in [6.45, 7) is 1.69. The summed E-state index contributed by atoms with van der Waals surface area (Å²) in [4.78, 5) is 5.89. The summed E-state index contributed by atoms with van der Waals surface area (Å²) in [5.74, 6) is -0.749. The minimum Gasteiger partial charge on any atom is -0.330 e. The van der Waals surface area contributed by atoms with E-state index >= 15 is 0 Å². The van der Waals surface area contributed by atoms with E-state index in [1.54, 1.807) is 6.92 Å². The number of nitrogens with one attached hydrogen (secondary N) is 2. The number of halogens is 1. The number of benzene rings is 1. The van der Waals surface area contributed by atoms with Crippen molar-refractivity contribution in [2.24, 2.45) is 0 Å². The Labute approximate surface area is 97.8 Å². The number of nitrogens with zero attached hydrogens (tertiary/aromatic N) is 1. The lowest BCUT2D eigenvalue weighted by molar-refractivity contribution is 0.569. The first-order valence-corrected chi connectivity index (χ1v) is 6.26. The van der Waals surface area contributed by atoms with Crippen LogP contribution in [0.1, 0.15) is 5.56 Å². The van der Waals surface area contributed by atoms with Gasteiger partial charge in [-0.05, 0) is 24.6 Å². The van der Waals surface area contributed by atoms with Gasteiger partial charge in [-0.1, -0.05) is 6.07 Å². The number of imidazole rings is 1. The van der Waals surface area contributed by atoms with E-state index in [-0.39, 0.29) is 5.95 Å². The third-order valence-electron chi connectivity index (χ3n) is 2.11. The predicted molar refractivity (Wildman–Crippen MR) is 60.5 cm³/mol. The van der Waals surface area contributed by atoms with E-state index in [4.69, 9.17) is 0 Å². The van der Waals surface area contributed by atoms with Gasteiger partial charge in [-0.3, -0.25) is 0 Å². The maximum atomic E-state index is 13.4. The van der Waals surface area contributed by atoms with Gasteiger partial charge in [-0.2, -0.15) is 0 Å². The van der Waals surface area contributed by atoms with Gasteiger partial charge in [0.2, 0.25) is 5.95 Å². The highest BCUT2D eigenvalue weighted by Crippen LogP contribution is 2.18. The number of H-pyrrole nitrogens is 1. The van der Waals surface area contributed by atoms with E-state index < -0.39 is 20.7 Å². The van der Waals surface area contributed by atoms with Crippen LogP contribution >= 0.6 is 0 Å². The van der Waals surface area contributed by atoms with Crippen LogP contribution in [0.15, 0.2) is 35.5 Å². The normalized spacial score (nSPS) is 11.4. The molecular weight excluding hydrogens is 245 g/mol. The number of sulfonamides is 1. The molecule has 0 aliphatic heterocycles. The molecule has 0 bridgehead atoms. The molecule has 0 saturated carbocycles. The second-order valence-electron chi connectivity index (χ2n) is 3.48. The minimum absolute atomic E-state index is 0.0471. The Morgan fingerprint density at radius 3 is 2.82 bits per heavy atom. The second-order valence-corrected chi connectivity index (χ2v) is 5.13. The van der Waals surface area contributed by atoms with E-state index in [1.165, 1.54) is 24.5 Å². The van der Waals surface area contributed by atoms with E-state index in [9.17, 15) is 12.8 Å². The lowest BCUT2D eigenvalue weighted by atomic mass is 10.2. The first-order valence-electron chi connectivity index (χ1n) is 4.77. The smallest absolute Gasteiger partial charge is 0.267 e. The van der Waals surface area contributed by atoms with Crippen LogP contribution in [0.3, 0.4) is 0 Å². The Morgan fingerprint density at radius 1 is 1.41 bits per heavy atom. The van der Waals surface area contributed by atoms with Crippen LogP contribution in [-0.4, -0.2) is 18.4 Å². The molecule has 2 N–H and O–H groups in total. The Bertz CT molecular complexity index is 623. The molecule has 0 aliphatic rings. The molecule has 1 aromatic heterocycles. The Morgan fingerprint density at radius 2 is 2.18 bits per heavy atom. The van der Waals surface area contributed by atoms with E-state index in [1.807, 2.05) is 0 Å². The molecule has 1 heterocycles. The summed E-state index contributed by atoms with van der Waals surface area (Å²) in [5.41, 5.74) is 0.659. The molecule has 0 radical (unpaired) electrons. The first kappa shape index (κ1) is 11.6. The molecule has 0 saturated heterocycles. The number of aromatic amines is 1. The lowest BCUT2D eigenvalue weighted by Gasteiger charge is -2.07. The van der Waals surface area contributed by atoms with Crippen LogP contribution in [0.2, 0.25) is 0 Å². The summed E-state index contributed by atoms with van der Waals surface area (Å²) >= 11 is 0. The molecule has 0 unspecified atom stereocenters. The van der Waals surface area contributed by atoms with Crippen molar-refractivity contribution in [3.8, 4) is 0 Å². The topological polar surface area (TPSA) is 74.8 Å². The molecule has 7 heteroatoms. The molecule has 0 aliphatic carbocycles. The summed E-state index contributed by atoms with van der Waals surface area (Å²) in [5, 5.41) is 0. The fourth-order valence-electron chi connectivity index (χ4n) is 1.32. The maximum Gasteiger partial charge on any atom is 0.267 e. The Balaban J connectivity index is 2.41. The minimum atomic E-state index is -3.96. The summed E-state index contributed by atoms with van der Waals surface area (Å²) < 4.78 is 39.3. The average molecular weight is 255 g/mol. The highest BCUT2D eigenvalue weighted by Gasteiger charge is 2.19. The van der Waals surface area contributed by atoms with Crippen LogP contribution < -0.4 is 4.72 Å². The van der Waals surface area contributed by atoms with Crippen molar-refractivity contribution in [3.05, 3.63) is 42.0 Å². The van der Waals surface area contributed by atoms with Crippen molar-refractivity contribution in [2.45, 2.75) is 11.8 Å². The number of aryl methyl sites for hydroxylation is 1. The molecule has 0 fully saturated rings. The number of anilines is 1. The fraction of sp³-hybridized carbons (Fsp3) is 0.100. The van der Waals surface area contributed by atoms with Crippen LogP contribution in [0.4, 0.5) is 10.3 Å². The van der Waals surface area contributed by atoms with Gasteiger partial charge in [0, 0.05) is 12.4 Å². The standard InChI is InChI=1S/C10H10FN3O2S/c1-7-2-3-8(11)9(6-7)17(15,16)14-10-12-4-5-13-10/h2-6H,1H3,(H2,12,13,14). The van der Waals surface area contributed by atoms with Gasteiger partial charge in [-0.15, -0.1) is 0 Å². The van der Waals surface area contributed by atoms with E-state index in [0.717, 1.165) is 6.07 Å². The van der Waals surface area contributed by atoms with Gasteiger partial charge in [0.05, 0.1) is 0 Å². The Hall–Kier alpha value is -1.89. The van der Waals surface area contributed by atoms with Gasteiger partial charge in [0.15, 0.2) is 0 Å². The van der Waals surface area contributed by atoms with Gasteiger partial charge >= 0.3 is 0 Å². The highest BCUT2D eigenvalue weighted by atomic mass is 32.2. The molecule has 2 rings (SSSR count). The van der Waals surface area contributed by atoms with Gasteiger partial charge < -0.3 is 4.98 Å². The van der Waals surface area contributed by atoms with Crippen molar-refractivity contribution in [1.82, 2.24) is 9.97 Å². The van der Waals surface area contributed by atoms with Gasteiger partial charge in [-0.25, -0.2) is 22.5 Å². The zero-order valence-electron chi connectivity index (χ0n) is 8.94. The van der Waals surface area contributed by atoms with E-state index in [2.05, 4.69) is 14.7 Å². The molecule has 5 nitrogen and oxygen atoms in total. The number of hydrogen-bond acceptors (Lipinski definition) is 3. The van der Waals surface area contributed by atoms with Gasteiger partial charge in [0.25, 0.3) is 10.0 Å². The second kappa shape index (κ2) is 4.17. The molecule has 2 aromatic rings. The highest BCUT2D eigenvalue weighted by molar-refractivity contribution is 7.92. The molecule has 1 aromatic carbocycles. The zero-order valence-corrected chi connectivity index (χ0v) is 9.75. The van der Waals surface area contributed by atoms with Crippen LogP contribution in [0, 0.1) is 12.7 Å². The third kappa shape index (κ3) is 2.44. The fourth-order valence-corrected chi connectivity index (χ4v) is 2.46. The van der Waals surface area contributed by atoms with Crippen LogP contribution in [-0.2, 0) is 10.0 Å². The van der Waals surface area contributed by atoms with Crippen LogP contribution in [0.25, 0.3) is 0 Å². The number of aromatic nitrogens is 2. The summed E-state index contributed by atoms with van der Waals surface area (Å²) in [6, 6.07) is 3.88.